The zero-order valence-corrected chi connectivity index (χ0v) is 19.0. The van der Waals surface area contributed by atoms with Gasteiger partial charge in [0.1, 0.15) is 11.6 Å². The standard InChI is InChI=1S/C22H25FN2O3.C2HF3O2/c1-28-20-4-2-3-18(13-20)22(27)24-14-16-9-11-25(12-10-16)15-21(26)17-5-7-19(23)8-6-17;3-2(4,5)1(6)7/h2-8,13,16H,9-12,14-15H2,1H3,(H,24,27);(H,6,7). The number of nitrogens with zero attached hydrogens (tertiary/aromatic N) is 1. The molecule has 35 heavy (non-hydrogen) atoms. The lowest BCUT2D eigenvalue weighted by Gasteiger charge is -2.31. The molecule has 1 heterocycles. The lowest BCUT2D eigenvalue weighted by atomic mass is 9.96. The average molecular weight is 498 g/mol. The van der Waals surface area contributed by atoms with Crippen LogP contribution in [0.25, 0.3) is 0 Å². The predicted molar refractivity (Wildman–Crippen MR) is 119 cm³/mol. The first-order valence-electron chi connectivity index (χ1n) is 10.7. The number of carbonyl (C=O) groups is 3. The van der Waals surface area contributed by atoms with Gasteiger partial charge in [0.15, 0.2) is 5.78 Å². The highest BCUT2D eigenvalue weighted by atomic mass is 19.4. The van der Waals surface area contributed by atoms with Gasteiger partial charge in [0.2, 0.25) is 0 Å². The quantitative estimate of drug-likeness (QED) is 0.446. The molecule has 1 aliphatic heterocycles. The molecule has 2 aromatic rings. The van der Waals surface area contributed by atoms with E-state index in [0.29, 0.717) is 35.9 Å². The molecule has 11 heteroatoms. The van der Waals surface area contributed by atoms with E-state index in [1.165, 1.54) is 24.3 Å². The number of methoxy groups -OCH3 is 1. The number of hydrogen-bond acceptors (Lipinski definition) is 5. The van der Waals surface area contributed by atoms with E-state index >= 15 is 0 Å². The number of carboxylic acids is 1. The number of aliphatic carboxylic acids is 1. The van der Waals surface area contributed by atoms with E-state index < -0.39 is 12.1 Å². The van der Waals surface area contributed by atoms with Gasteiger partial charge in [-0.25, -0.2) is 9.18 Å². The van der Waals surface area contributed by atoms with Crippen molar-refractivity contribution in [3.8, 4) is 5.75 Å². The van der Waals surface area contributed by atoms with Gasteiger partial charge >= 0.3 is 12.1 Å². The van der Waals surface area contributed by atoms with Crippen LogP contribution in [0.4, 0.5) is 17.6 Å². The summed E-state index contributed by atoms with van der Waals surface area (Å²) in [6.45, 7) is 2.59. The van der Waals surface area contributed by atoms with Crippen LogP contribution in [0.1, 0.15) is 33.6 Å². The summed E-state index contributed by atoms with van der Waals surface area (Å²) in [5.41, 5.74) is 1.12. The van der Waals surface area contributed by atoms with Gasteiger partial charge in [-0.1, -0.05) is 6.07 Å². The number of amides is 1. The van der Waals surface area contributed by atoms with E-state index in [4.69, 9.17) is 14.6 Å². The number of piperidine rings is 1. The second-order valence-corrected chi connectivity index (χ2v) is 7.89. The van der Waals surface area contributed by atoms with Gasteiger partial charge in [0, 0.05) is 17.7 Å². The molecule has 7 nitrogen and oxygen atoms in total. The molecule has 1 aliphatic rings. The Morgan fingerprint density at radius 2 is 1.66 bits per heavy atom. The number of benzene rings is 2. The Kier molecular flexibility index (Phi) is 10.2. The number of halogens is 4. The van der Waals surface area contributed by atoms with Crippen molar-refractivity contribution in [3.63, 3.8) is 0 Å². The molecule has 0 saturated carbocycles. The first-order chi connectivity index (χ1) is 16.5. The number of nitrogens with one attached hydrogen (secondary N) is 1. The molecular weight excluding hydrogens is 472 g/mol. The van der Waals surface area contributed by atoms with E-state index in [-0.39, 0.29) is 17.5 Å². The normalized spacial score (nSPS) is 14.4. The monoisotopic (exact) mass is 498 g/mol. The Morgan fingerprint density at radius 3 is 2.20 bits per heavy atom. The third-order valence-electron chi connectivity index (χ3n) is 5.37. The van der Waals surface area contributed by atoms with E-state index in [1.807, 2.05) is 0 Å². The van der Waals surface area contributed by atoms with Crippen molar-refractivity contribution in [2.45, 2.75) is 19.0 Å². The number of carbonyl (C=O) groups excluding carboxylic acids is 2. The summed E-state index contributed by atoms with van der Waals surface area (Å²) >= 11 is 0. The summed E-state index contributed by atoms with van der Waals surface area (Å²) in [6.07, 6.45) is -3.23. The zero-order valence-electron chi connectivity index (χ0n) is 19.0. The molecule has 0 atom stereocenters. The van der Waals surface area contributed by atoms with Crippen LogP contribution in [-0.4, -0.2) is 67.1 Å². The van der Waals surface area contributed by atoms with Crippen LogP contribution in [-0.2, 0) is 4.79 Å². The van der Waals surface area contributed by atoms with Crippen molar-refractivity contribution in [3.05, 3.63) is 65.5 Å². The Balaban J connectivity index is 0.000000540. The van der Waals surface area contributed by atoms with Crippen molar-refractivity contribution in [1.29, 1.82) is 0 Å². The molecule has 0 unspecified atom stereocenters. The van der Waals surface area contributed by atoms with E-state index in [2.05, 4.69) is 10.2 Å². The number of rotatable bonds is 7. The van der Waals surface area contributed by atoms with E-state index in [0.717, 1.165) is 25.9 Å². The Hall–Kier alpha value is -3.47. The summed E-state index contributed by atoms with van der Waals surface area (Å²) in [6, 6.07) is 12.8. The average Bonchev–Trinajstić information content (AvgIpc) is 2.83. The predicted octanol–water partition coefficient (Wildman–Crippen LogP) is 3.79. The van der Waals surface area contributed by atoms with Gasteiger partial charge in [-0.3, -0.25) is 14.5 Å². The van der Waals surface area contributed by atoms with Crippen LogP contribution in [0.2, 0.25) is 0 Å². The zero-order chi connectivity index (χ0) is 26.0. The minimum absolute atomic E-state index is 0.00442. The van der Waals surface area contributed by atoms with Crippen molar-refractivity contribution in [2.24, 2.45) is 5.92 Å². The number of ether oxygens (including phenoxy) is 1. The number of ketones is 1. The van der Waals surface area contributed by atoms with Gasteiger partial charge in [-0.05, 0) is 74.3 Å². The first kappa shape index (κ1) is 27.8. The van der Waals surface area contributed by atoms with Gasteiger partial charge in [-0.15, -0.1) is 0 Å². The topological polar surface area (TPSA) is 95.9 Å². The highest BCUT2D eigenvalue weighted by Crippen LogP contribution is 2.18. The second kappa shape index (κ2) is 12.8. The lowest BCUT2D eigenvalue weighted by molar-refractivity contribution is -0.192. The molecule has 0 bridgehead atoms. The Bertz CT molecular complexity index is 1000. The third kappa shape index (κ3) is 9.36. The van der Waals surface area contributed by atoms with Crippen LogP contribution in [0.3, 0.4) is 0 Å². The summed E-state index contributed by atoms with van der Waals surface area (Å²) in [4.78, 5) is 35.6. The summed E-state index contributed by atoms with van der Waals surface area (Å²) in [7, 11) is 1.58. The molecule has 190 valence electrons. The number of carboxylic acid groups (broad SMARTS) is 1. The second-order valence-electron chi connectivity index (χ2n) is 7.89. The molecular formula is C24H26F4N2O5. The molecule has 3 rings (SSSR count). The molecule has 2 N–H and O–H groups in total. The molecule has 1 amide bonds. The first-order valence-corrected chi connectivity index (χ1v) is 10.7. The maximum atomic E-state index is 13.0. The molecule has 0 aromatic heterocycles. The minimum atomic E-state index is -5.08. The SMILES string of the molecule is COc1cccc(C(=O)NCC2CCN(CC(=O)c3ccc(F)cc3)CC2)c1.O=C(O)C(F)(F)F. The van der Waals surface area contributed by atoms with Gasteiger partial charge in [0.25, 0.3) is 5.91 Å². The Labute approximate surface area is 199 Å². The van der Waals surface area contributed by atoms with Crippen LogP contribution in [0.15, 0.2) is 48.5 Å². The highest BCUT2D eigenvalue weighted by Gasteiger charge is 2.38. The maximum absolute atomic E-state index is 13.0. The minimum Gasteiger partial charge on any atom is -0.497 e. The number of hydrogen-bond donors (Lipinski definition) is 2. The molecule has 1 saturated heterocycles. The van der Waals surface area contributed by atoms with Crippen molar-refractivity contribution in [2.75, 3.05) is 33.3 Å². The van der Waals surface area contributed by atoms with Gasteiger partial charge < -0.3 is 15.2 Å². The highest BCUT2D eigenvalue weighted by molar-refractivity contribution is 5.97. The van der Waals surface area contributed by atoms with E-state index in [1.54, 1.807) is 31.4 Å². The number of Topliss-reactive ketones (excluding diaryl/α,β-unsaturated/α-hetero) is 1. The van der Waals surface area contributed by atoms with Crippen LogP contribution < -0.4 is 10.1 Å². The molecule has 0 radical (unpaired) electrons. The van der Waals surface area contributed by atoms with Crippen molar-refractivity contribution >= 4 is 17.7 Å². The smallest absolute Gasteiger partial charge is 0.490 e. The van der Waals surface area contributed by atoms with Crippen molar-refractivity contribution < 1.29 is 41.8 Å². The third-order valence-corrected chi connectivity index (χ3v) is 5.37. The Morgan fingerprint density at radius 1 is 1.06 bits per heavy atom. The molecule has 0 aliphatic carbocycles. The van der Waals surface area contributed by atoms with E-state index in [9.17, 15) is 27.2 Å². The fraction of sp³-hybridized carbons (Fsp3) is 0.375. The lowest BCUT2D eigenvalue weighted by Crippen LogP contribution is -2.40. The summed E-state index contributed by atoms with van der Waals surface area (Å²) in [5.74, 6) is -2.14. The molecule has 1 fully saturated rings. The summed E-state index contributed by atoms with van der Waals surface area (Å²) < 4.78 is 49.9. The number of alkyl halides is 3. The van der Waals surface area contributed by atoms with Gasteiger partial charge in [-0.2, -0.15) is 13.2 Å². The van der Waals surface area contributed by atoms with Crippen LogP contribution >= 0.6 is 0 Å². The van der Waals surface area contributed by atoms with Crippen molar-refractivity contribution in [1.82, 2.24) is 10.2 Å². The largest absolute Gasteiger partial charge is 0.497 e. The fourth-order valence-electron chi connectivity index (χ4n) is 3.38. The molecule has 0 spiro atoms. The maximum Gasteiger partial charge on any atom is 0.490 e. The number of likely N-dealkylation sites (tertiary alicyclic amines) is 1. The fourth-order valence-corrected chi connectivity index (χ4v) is 3.38. The molecule has 2 aromatic carbocycles. The van der Waals surface area contributed by atoms with Gasteiger partial charge in [0.05, 0.1) is 13.7 Å². The van der Waals surface area contributed by atoms with Crippen LogP contribution in [0.5, 0.6) is 5.75 Å². The van der Waals surface area contributed by atoms with Crippen LogP contribution in [0, 0.1) is 11.7 Å². The summed E-state index contributed by atoms with van der Waals surface area (Å²) in [5, 5.41) is 10.1.